The number of rotatable bonds is 9. The van der Waals surface area contributed by atoms with Crippen molar-refractivity contribution in [3.8, 4) is 28.5 Å². The van der Waals surface area contributed by atoms with E-state index in [2.05, 4.69) is 49.6 Å². The van der Waals surface area contributed by atoms with Crippen LogP contribution in [0, 0.1) is 23.6 Å². The van der Waals surface area contributed by atoms with Crippen LogP contribution in [0.5, 0.6) is 17.2 Å². The molecule has 0 spiro atoms. The molecular weight excluding hydrogens is 852 g/mol. The number of aromatic nitrogens is 2. The molecule has 7 aliphatic rings. The highest BCUT2D eigenvalue weighted by Crippen LogP contribution is 2.65. The van der Waals surface area contributed by atoms with Crippen molar-refractivity contribution in [2.24, 2.45) is 17.8 Å². The third kappa shape index (κ3) is 8.31. The predicted octanol–water partition coefficient (Wildman–Crippen LogP) is 6.41. The summed E-state index contributed by atoms with van der Waals surface area (Å²) in [6.45, 7) is 5.65. The number of phenolic OH excluding ortho intramolecular Hbond substituents is 1. The molecule has 2 saturated carbocycles. The zero-order chi connectivity index (χ0) is 45.8. The predicted molar refractivity (Wildman–Crippen MR) is 251 cm³/mol. The molecule has 3 unspecified atom stereocenters. The number of nitrogen functional groups attached to an aromatic ring is 1. The van der Waals surface area contributed by atoms with Gasteiger partial charge < -0.3 is 35.0 Å². The second-order valence-corrected chi connectivity index (χ2v) is 20.2. The number of phenols is 1. The van der Waals surface area contributed by atoms with Crippen LogP contribution in [0.1, 0.15) is 87.7 Å². The third-order valence-electron chi connectivity index (χ3n) is 16.5. The molecule has 4 N–H and O–H groups in total. The summed E-state index contributed by atoms with van der Waals surface area (Å²) in [6.07, 6.45) is 9.50. The Labute approximate surface area is 391 Å². The molecule has 67 heavy (non-hydrogen) atoms. The number of aromatic hydroxyl groups is 1. The summed E-state index contributed by atoms with van der Waals surface area (Å²) in [5.74, 6) is 3.10. The van der Waals surface area contributed by atoms with E-state index in [0.29, 0.717) is 117 Å². The average Bonchev–Trinajstić information content (AvgIpc) is 3.65. The maximum atomic E-state index is 15.6. The van der Waals surface area contributed by atoms with E-state index >= 15 is 4.39 Å². The molecule has 3 aromatic carbocycles. The molecule has 3 amide bonds. The number of nitrogens with two attached hydrogens (primary N) is 1. The van der Waals surface area contributed by atoms with Gasteiger partial charge in [0, 0.05) is 56.6 Å². The number of ether oxygens (including phenoxy) is 2. The standard InChI is InChI=1S/C52H61FN8O6/c53-40-8-9-42-49(66-25-24-61(42)43-10-11-46(63)55-51(43)65)48(40)33-13-18-58(19-14-33)31-47(64)60-22-16-36(17-23-60)67-37-5-3-4-35(27-37)52-29-32-12-20-59(21-15-34(30-52)39(52)26-32)44-28-41(56-57-50(44)54)38-6-1-2-7-45(38)62/h1-9,27-28,32-34,36,39,43,62H,10-26,29-31H2,(H2,54,57)(H,55,63,65)/t32-,34+,39?,43?,52?/m1/s1. The van der Waals surface area contributed by atoms with E-state index in [1.165, 1.54) is 30.9 Å². The molecule has 4 saturated heterocycles. The highest BCUT2D eigenvalue weighted by atomic mass is 19.1. The summed E-state index contributed by atoms with van der Waals surface area (Å²) in [6, 6.07) is 20.7. The van der Waals surface area contributed by atoms with Gasteiger partial charge in [-0.25, -0.2) is 4.39 Å². The maximum absolute atomic E-state index is 15.6. The summed E-state index contributed by atoms with van der Waals surface area (Å²) in [7, 11) is 0. The lowest BCUT2D eigenvalue weighted by molar-refractivity contribution is -0.135. The fourth-order valence-electron chi connectivity index (χ4n) is 13.1. The van der Waals surface area contributed by atoms with Gasteiger partial charge in [0.25, 0.3) is 0 Å². The molecule has 4 aromatic rings. The molecule has 5 atom stereocenters. The number of fused-ring (bicyclic) bond motifs is 2. The molecule has 5 aliphatic heterocycles. The van der Waals surface area contributed by atoms with Crippen LogP contribution in [0.2, 0.25) is 0 Å². The monoisotopic (exact) mass is 912 g/mol. The number of para-hydroxylation sites is 1. The fraction of sp³-hybridized carbons (Fsp3) is 0.519. The number of carbonyl (C=O) groups excluding carboxylic acids is 3. The molecule has 1 aromatic heterocycles. The van der Waals surface area contributed by atoms with E-state index < -0.39 is 6.04 Å². The SMILES string of the molecule is Nc1nnc(-c2ccccc2O)cc1N1CC[C@@H]2CC3[C@@H](CC1)CC3(c1cccc(OC3CCN(C(=O)CN4CCC(c5c(F)ccc6c5OCCN6C5CCC(=O)NC5=O)CC4)CC3)c1)C2. The number of nitrogens with zero attached hydrogens (tertiary/aromatic N) is 6. The first kappa shape index (κ1) is 43.6. The molecule has 6 heterocycles. The van der Waals surface area contributed by atoms with E-state index in [-0.39, 0.29) is 53.1 Å². The van der Waals surface area contributed by atoms with Crippen LogP contribution < -0.4 is 30.3 Å². The van der Waals surface area contributed by atoms with Crippen molar-refractivity contribution in [2.75, 3.05) is 74.5 Å². The summed E-state index contributed by atoms with van der Waals surface area (Å²) >= 11 is 0. The minimum atomic E-state index is -0.496. The Morgan fingerprint density at radius 2 is 1.70 bits per heavy atom. The molecule has 2 bridgehead atoms. The van der Waals surface area contributed by atoms with Crippen molar-refractivity contribution in [3.63, 3.8) is 0 Å². The van der Waals surface area contributed by atoms with Gasteiger partial charge in [-0.15, -0.1) is 10.2 Å². The number of piperidine rings is 3. The number of anilines is 3. The van der Waals surface area contributed by atoms with E-state index in [1.807, 2.05) is 28.0 Å². The van der Waals surface area contributed by atoms with Crippen LogP contribution in [0.15, 0.2) is 66.7 Å². The van der Waals surface area contributed by atoms with Crippen LogP contribution >= 0.6 is 0 Å². The van der Waals surface area contributed by atoms with Crippen molar-refractivity contribution in [3.05, 3.63) is 83.7 Å². The number of halogens is 1. The highest BCUT2D eigenvalue weighted by Gasteiger charge is 2.59. The largest absolute Gasteiger partial charge is 0.507 e. The second-order valence-electron chi connectivity index (χ2n) is 20.2. The number of hydrogen-bond acceptors (Lipinski definition) is 12. The Morgan fingerprint density at radius 1 is 0.881 bits per heavy atom. The number of carbonyl (C=O) groups is 3. The Bertz CT molecular complexity index is 2540. The maximum Gasteiger partial charge on any atom is 0.249 e. The van der Waals surface area contributed by atoms with Crippen molar-refractivity contribution < 1.29 is 33.4 Å². The van der Waals surface area contributed by atoms with Crippen molar-refractivity contribution in [2.45, 2.75) is 94.1 Å². The van der Waals surface area contributed by atoms with Crippen LogP contribution in [0.3, 0.4) is 0 Å². The van der Waals surface area contributed by atoms with Gasteiger partial charge in [-0.1, -0.05) is 24.3 Å². The van der Waals surface area contributed by atoms with Gasteiger partial charge in [0.05, 0.1) is 30.2 Å². The first-order valence-electron chi connectivity index (χ1n) is 24.6. The van der Waals surface area contributed by atoms with Crippen LogP contribution in [-0.4, -0.2) is 114 Å². The quantitative estimate of drug-likeness (QED) is 0.158. The van der Waals surface area contributed by atoms with Gasteiger partial charge in [0.15, 0.2) is 5.82 Å². The Balaban J connectivity index is 0.664. The number of amides is 3. The molecule has 0 radical (unpaired) electrons. The zero-order valence-electron chi connectivity index (χ0n) is 38.1. The Hall–Kier alpha value is -5.96. The summed E-state index contributed by atoms with van der Waals surface area (Å²) in [5, 5.41) is 21.6. The Morgan fingerprint density at radius 3 is 2.52 bits per heavy atom. The summed E-state index contributed by atoms with van der Waals surface area (Å²) in [5.41, 5.74) is 11.5. The number of hydrogen-bond donors (Lipinski definition) is 3. The lowest BCUT2D eigenvalue weighted by Gasteiger charge is -2.53. The topological polar surface area (TPSA) is 167 Å². The van der Waals surface area contributed by atoms with Crippen molar-refractivity contribution in [1.82, 2.24) is 25.3 Å². The van der Waals surface area contributed by atoms with E-state index in [4.69, 9.17) is 15.2 Å². The number of imide groups is 1. The average molecular weight is 913 g/mol. The van der Waals surface area contributed by atoms with Crippen LogP contribution in [0.4, 0.5) is 21.6 Å². The van der Waals surface area contributed by atoms with Crippen molar-refractivity contribution in [1.29, 1.82) is 0 Å². The first-order valence-corrected chi connectivity index (χ1v) is 24.6. The lowest BCUT2D eigenvalue weighted by atomic mass is 9.52. The van der Waals surface area contributed by atoms with Gasteiger partial charge in [-0.3, -0.25) is 24.6 Å². The van der Waals surface area contributed by atoms with Crippen LogP contribution in [0.25, 0.3) is 11.3 Å². The Kier molecular flexibility index (Phi) is 11.7. The molecule has 2 aliphatic carbocycles. The zero-order valence-corrected chi connectivity index (χ0v) is 38.1. The molecule has 11 rings (SSSR count). The van der Waals surface area contributed by atoms with Gasteiger partial charge in [0.2, 0.25) is 17.7 Å². The van der Waals surface area contributed by atoms with E-state index in [1.54, 1.807) is 18.2 Å². The number of likely N-dealkylation sites (tertiary alicyclic amines) is 2. The van der Waals surface area contributed by atoms with Crippen molar-refractivity contribution >= 4 is 34.9 Å². The molecule has 14 nitrogen and oxygen atoms in total. The van der Waals surface area contributed by atoms with Crippen LogP contribution in [-0.2, 0) is 19.8 Å². The third-order valence-corrected chi connectivity index (χ3v) is 16.5. The molecular formula is C52H61FN8O6. The lowest BCUT2D eigenvalue weighted by Crippen LogP contribution is -2.54. The summed E-state index contributed by atoms with van der Waals surface area (Å²) in [4.78, 5) is 46.7. The van der Waals surface area contributed by atoms with E-state index in [9.17, 15) is 19.5 Å². The molecule has 6 fully saturated rings. The van der Waals surface area contributed by atoms with Gasteiger partial charge in [-0.05, 0) is 142 Å². The summed E-state index contributed by atoms with van der Waals surface area (Å²) < 4.78 is 28.4. The van der Waals surface area contributed by atoms with Gasteiger partial charge in [0.1, 0.15) is 41.8 Å². The highest BCUT2D eigenvalue weighted by molar-refractivity contribution is 6.02. The number of nitrogens with one attached hydrogen (secondary N) is 1. The second kappa shape index (κ2) is 17.9. The first-order chi connectivity index (χ1) is 32.6. The molecule has 15 heteroatoms. The molecule has 352 valence electrons. The normalized spacial score (nSPS) is 27.0. The number of benzene rings is 3. The minimum absolute atomic E-state index is 0.0479. The van der Waals surface area contributed by atoms with Gasteiger partial charge >= 0.3 is 0 Å². The smallest absolute Gasteiger partial charge is 0.249 e. The fourth-order valence-corrected chi connectivity index (χ4v) is 13.1. The van der Waals surface area contributed by atoms with Gasteiger partial charge in [-0.2, -0.15) is 0 Å². The van der Waals surface area contributed by atoms with E-state index in [0.717, 1.165) is 50.2 Å². The minimum Gasteiger partial charge on any atom is -0.507 e.